The van der Waals surface area contributed by atoms with E-state index in [1.807, 2.05) is 53.4 Å². The van der Waals surface area contributed by atoms with Crippen LogP contribution >= 0.6 is 0 Å². The molecule has 0 aromatic heterocycles. The number of piperazine rings is 1. The van der Waals surface area contributed by atoms with E-state index in [1.165, 1.54) is 14.2 Å². The Labute approximate surface area is 228 Å². The maximum atomic E-state index is 12.9. The fourth-order valence-electron chi connectivity index (χ4n) is 4.96. The number of anilines is 1. The van der Waals surface area contributed by atoms with Crippen LogP contribution in [0.1, 0.15) is 41.8 Å². The van der Waals surface area contributed by atoms with Gasteiger partial charge in [0.15, 0.2) is 5.78 Å². The minimum absolute atomic E-state index is 0.0500. The highest BCUT2D eigenvalue weighted by atomic mass is 16.5. The number of aryl methyl sites for hydroxylation is 1. The zero-order chi connectivity index (χ0) is 28.1. The van der Waals surface area contributed by atoms with Crippen molar-refractivity contribution >= 4 is 28.9 Å². The molecule has 0 unspecified atom stereocenters. The van der Waals surface area contributed by atoms with Crippen molar-refractivity contribution in [3.63, 3.8) is 0 Å². The summed E-state index contributed by atoms with van der Waals surface area (Å²) in [5.41, 5.74) is 4.45. The zero-order valence-electron chi connectivity index (χ0n) is 22.9. The van der Waals surface area contributed by atoms with Crippen LogP contribution in [0.4, 0.5) is 5.69 Å². The minimum Gasteiger partial charge on any atom is -0.489 e. The smallest absolute Gasteiger partial charge is 0.228 e. The van der Waals surface area contributed by atoms with Crippen LogP contribution in [0.15, 0.2) is 71.2 Å². The van der Waals surface area contributed by atoms with Gasteiger partial charge in [0.25, 0.3) is 0 Å². The van der Waals surface area contributed by atoms with Gasteiger partial charge < -0.3 is 19.3 Å². The Morgan fingerprint density at radius 1 is 0.795 bits per heavy atom. The SMILES string of the molecule is COC1=C(OC)C(=O)C(Cc2ccc(CCC(=O)N3CCN(c4ccc(C(C)=O)cc4)CC3)cc2)=C(C)C1=O. The number of hydrogen-bond donors (Lipinski definition) is 0. The third-order valence-electron chi connectivity index (χ3n) is 7.40. The highest BCUT2D eigenvalue weighted by Crippen LogP contribution is 2.28. The summed E-state index contributed by atoms with van der Waals surface area (Å²) in [7, 11) is 2.70. The van der Waals surface area contributed by atoms with Gasteiger partial charge in [0.1, 0.15) is 0 Å². The molecular formula is C31H34N2O6. The Hall–Kier alpha value is -4.20. The third-order valence-corrected chi connectivity index (χ3v) is 7.40. The molecule has 204 valence electrons. The number of methoxy groups -OCH3 is 2. The number of hydrogen-bond acceptors (Lipinski definition) is 7. The van der Waals surface area contributed by atoms with Gasteiger partial charge in [0.2, 0.25) is 29.0 Å². The highest BCUT2D eigenvalue weighted by molar-refractivity contribution is 6.23. The molecule has 8 heteroatoms. The quantitative estimate of drug-likeness (QED) is 0.361. The van der Waals surface area contributed by atoms with Gasteiger partial charge in [0, 0.05) is 61.4 Å². The van der Waals surface area contributed by atoms with E-state index in [-0.39, 0.29) is 34.8 Å². The molecule has 39 heavy (non-hydrogen) atoms. The van der Waals surface area contributed by atoms with E-state index in [4.69, 9.17) is 9.47 Å². The van der Waals surface area contributed by atoms with E-state index in [9.17, 15) is 19.2 Å². The predicted molar refractivity (Wildman–Crippen MR) is 147 cm³/mol. The van der Waals surface area contributed by atoms with E-state index in [0.717, 1.165) is 29.9 Å². The maximum absolute atomic E-state index is 12.9. The molecule has 0 radical (unpaired) electrons. The number of benzene rings is 2. The van der Waals surface area contributed by atoms with E-state index >= 15 is 0 Å². The molecular weight excluding hydrogens is 496 g/mol. The van der Waals surface area contributed by atoms with Crippen molar-refractivity contribution in [2.75, 3.05) is 45.3 Å². The Morgan fingerprint density at radius 2 is 1.36 bits per heavy atom. The predicted octanol–water partition coefficient (Wildman–Crippen LogP) is 3.69. The van der Waals surface area contributed by atoms with Gasteiger partial charge >= 0.3 is 0 Å². The Kier molecular flexibility index (Phi) is 8.64. The van der Waals surface area contributed by atoms with Crippen LogP contribution in [0.3, 0.4) is 0 Å². The maximum Gasteiger partial charge on any atom is 0.228 e. The number of ketones is 3. The van der Waals surface area contributed by atoms with Gasteiger partial charge in [-0.1, -0.05) is 24.3 Å². The molecule has 1 aliphatic carbocycles. The molecule has 1 amide bonds. The van der Waals surface area contributed by atoms with Crippen LogP contribution in [0.2, 0.25) is 0 Å². The molecule has 4 rings (SSSR count). The summed E-state index contributed by atoms with van der Waals surface area (Å²) in [5, 5.41) is 0. The monoisotopic (exact) mass is 530 g/mol. The van der Waals surface area contributed by atoms with Gasteiger partial charge in [-0.05, 0) is 55.7 Å². The molecule has 2 aromatic rings. The second kappa shape index (κ2) is 12.1. The van der Waals surface area contributed by atoms with Gasteiger partial charge in [-0.25, -0.2) is 0 Å². The average Bonchev–Trinajstić information content (AvgIpc) is 2.96. The van der Waals surface area contributed by atoms with E-state index in [1.54, 1.807) is 13.8 Å². The van der Waals surface area contributed by atoms with Crippen LogP contribution in [0, 0.1) is 0 Å². The number of carbonyl (C=O) groups excluding carboxylic acids is 4. The molecule has 0 saturated carbocycles. The lowest BCUT2D eigenvalue weighted by molar-refractivity contribution is -0.131. The lowest BCUT2D eigenvalue weighted by atomic mass is 9.88. The largest absolute Gasteiger partial charge is 0.489 e. The molecule has 8 nitrogen and oxygen atoms in total. The molecule has 0 bridgehead atoms. The fourth-order valence-corrected chi connectivity index (χ4v) is 4.96. The van der Waals surface area contributed by atoms with E-state index in [2.05, 4.69) is 4.90 Å². The van der Waals surface area contributed by atoms with Crippen LogP contribution < -0.4 is 4.90 Å². The summed E-state index contributed by atoms with van der Waals surface area (Å²) in [5.74, 6) is -0.627. The fraction of sp³-hybridized carbons (Fsp3) is 0.355. The Morgan fingerprint density at radius 3 is 1.92 bits per heavy atom. The summed E-state index contributed by atoms with van der Waals surface area (Å²) < 4.78 is 10.3. The van der Waals surface area contributed by atoms with Crippen molar-refractivity contribution in [3.05, 3.63) is 87.9 Å². The van der Waals surface area contributed by atoms with Gasteiger partial charge in [-0.3, -0.25) is 19.2 Å². The van der Waals surface area contributed by atoms with Gasteiger partial charge in [-0.15, -0.1) is 0 Å². The first-order valence-electron chi connectivity index (χ1n) is 13.1. The van der Waals surface area contributed by atoms with Crippen molar-refractivity contribution in [1.82, 2.24) is 4.90 Å². The summed E-state index contributed by atoms with van der Waals surface area (Å²) in [4.78, 5) is 54.0. The minimum atomic E-state index is -0.342. The molecule has 2 aliphatic rings. The number of Topliss-reactive ketones (excluding diaryl/α,β-unsaturated/α-hetero) is 3. The first-order chi connectivity index (χ1) is 18.7. The molecule has 0 atom stereocenters. The summed E-state index contributed by atoms with van der Waals surface area (Å²) in [6, 6.07) is 15.4. The van der Waals surface area contributed by atoms with Crippen molar-refractivity contribution in [2.24, 2.45) is 0 Å². The molecule has 1 aliphatic heterocycles. The Bertz CT molecular complexity index is 1330. The summed E-state index contributed by atoms with van der Waals surface area (Å²) in [6.45, 7) is 6.02. The molecule has 1 heterocycles. The summed E-state index contributed by atoms with van der Waals surface area (Å²) >= 11 is 0. The van der Waals surface area contributed by atoms with Crippen molar-refractivity contribution < 1.29 is 28.7 Å². The molecule has 0 N–H and O–H groups in total. The molecule has 1 saturated heterocycles. The van der Waals surface area contributed by atoms with Crippen LogP contribution in [0.25, 0.3) is 0 Å². The first kappa shape index (κ1) is 27.8. The van der Waals surface area contributed by atoms with Crippen molar-refractivity contribution in [2.45, 2.75) is 33.1 Å². The second-order valence-corrected chi connectivity index (χ2v) is 9.79. The lowest BCUT2D eigenvalue weighted by Gasteiger charge is -2.36. The normalized spacial score (nSPS) is 16.1. The number of nitrogens with zero attached hydrogens (tertiary/aromatic N) is 2. The molecule has 1 fully saturated rings. The van der Waals surface area contributed by atoms with Crippen molar-refractivity contribution in [1.29, 1.82) is 0 Å². The standard InChI is InChI=1S/C31H34N2O6/c1-20-26(29(37)31(39-4)30(38-3)28(20)36)19-23-7-5-22(6-8-23)9-14-27(35)33-17-15-32(16-18-33)25-12-10-24(11-13-25)21(2)34/h5-8,10-13H,9,14-19H2,1-4H3. The van der Waals surface area contributed by atoms with Crippen LogP contribution in [-0.4, -0.2) is 68.6 Å². The second-order valence-electron chi connectivity index (χ2n) is 9.79. The Balaban J connectivity index is 1.28. The third kappa shape index (κ3) is 6.11. The summed E-state index contributed by atoms with van der Waals surface area (Å²) in [6.07, 6.45) is 1.35. The number of carbonyl (C=O) groups is 4. The van der Waals surface area contributed by atoms with Gasteiger partial charge in [0.05, 0.1) is 14.2 Å². The van der Waals surface area contributed by atoms with Gasteiger partial charge in [-0.2, -0.15) is 0 Å². The average molecular weight is 531 g/mol. The number of ether oxygens (including phenoxy) is 2. The molecule has 2 aromatic carbocycles. The number of rotatable bonds is 9. The highest BCUT2D eigenvalue weighted by Gasteiger charge is 2.34. The molecule has 0 spiro atoms. The zero-order valence-corrected chi connectivity index (χ0v) is 22.9. The van der Waals surface area contributed by atoms with E-state index < -0.39 is 0 Å². The topological polar surface area (TPSA) is 93.2 Å². The van der Waals surface area contributed by atoms with Crippen LogP contribution in [0.5, 0.6) is 0 Å². The van der Waals surface area contributed by atoms with Crippen molar-refractivity contribution in [3.8, 4) is 0 Å². The lowest BCUT2D eigenvalue weighted by Crippen LogP contribution is -2.48. The number of amides is 1. The van der Waals surface area contributed by atoms with Crippen LogP contribution in [-0.2, 0) is 36.7 Å². The first-order valence-corrected chi connectivity index (χ1v) is 13.1. The van der Waals surface area contributed by atoms with E-state index in [0.29, 0.717) is 49.1 Å². The number of allylic oxidation sites excluding steroid dienone is 2.